The Hall–Kier alpha value is -1.59. The number of likely N-dealkylation sites (N-methyl/N-ethyl adjacent to an activating group) is 1. The van der Waals surface area contributed by atoms with Crippen molar-refractivity contribution in [3.8, 4) is 5.75 Å². The molecule has 5 heteroatoms. The molecule has 0 saturated carbocycles. The molecule has 2 saturated heterocycles. The first-order chi connectivity index (χ1) is 11.4. The van der Waals surface area contributed by atoms with E-state index in [9.17, 15) is 4.79 Å². The number of fused-ring (bicyclic) bond motifs is 2. The number of rotatable bonds is 5. The second-order valence-electron chi connectivity index (χ2n) is 7.59. The number of carbonyl (C=O) groups excluding carboxylic acids is 1. The molecule has 1 aromatic carbocycles. The molecule has 2 bridgehead atoms. The lowest BCUT2D eigenvalue weighted by Crippen LogP contribution is -2.52. The first-order valence-corrected chi connectivity index (χ1v) is 8.83. The van der Waals surface area contributed by atoms with Crippen molar-refractivity contribution in [2.75, 3.05) is 26.7 Å². The third-order valence-corrected chi connectivity index (χ3v) is 5.26. The number of hydrogen-bond donors (Lipinski definition) is 0. The molecule has 3 rings (SSSR count). The minimum Gasteiger partial charge on any atom is -0.428 e. The molecular weight excluding hydrogens is 304 g/mol. The molecule has 24 heavy (non-hydrogen) atoms. The number of likely N-dealkylation sites (tertiary alicyclic amines) is 1. The van der Waals surface area contributed by atoms with Crippen molar-refractivity contribution in [1.29, 1.82) is 0 Å². The molecule has 0 amide bonds. The summed E-state index contributed by atoms with van der Waals surface area (Å²) in [6.07, 6.45) is 2.78. The van der Waals surface area contributed by atoms with Crippen LogP contribution < -0.4 is 4.74 Å². The van der Waals surface area contributed by atoms with Crippen LogP contribution in [0, 0.1) is 0 Å². The number of hydrogen-bond acceptors (Lipinski definition) is 5. The van der Waals surface area contributed by atoms with E-state index in [0.29, 0.717) is 17.8 Å². The highest BCUT2D eigenvalue weighted by Crippen LogP contribution is 2.29. The van der Waals surface area contributed by atoms with Crippen molar-refractivity contribution in [1.82, 2.24) is 9.80 Å². The molecule has 2 unspecified atom stereocenters. The monoisotopic (exact) mass is 332 g/mol. The SMILES string of the molecule is CN1C2CCC1CN(CCC(C)(C)OC(=O)Oc1ccccc1)C2. The fraction of sp³-hybridized carbons (Fsp3) is 0.632. The highest BCUT2D eigenvalue weighted by atomic mass is 16.7. The predicted molar refractivity (Wildman–Crippen MR) is 93.3 cm³/mol. The third-order valence-electron chi connectivity index (χ3n) is 5.26. The van der Waals surface area contributed by atoms with E-state index in [4.69, 9.17) is 9.47 Å². The quantitative estimate of drug-likeness (QED) is 0.612. The summed E-state index contributed by atoms with van der Waals surface area (Å²) in [4.78, 5) is 17.0. The maximum atomic E-state index is 12.0. The van der Waals surface area contributed by atoms with Crippen molar-refractivity contribution in [3.05, 3.63) is 30.3 Å². The molecule has 0 N–H and O–H groups in total. The highest BCUT2D eigenvalue weighted by Gasteiger charge is 2.37. The molecule has 0 spiro atoms. The minimum absolute atomic E-state index is 0.508. The average molecular weight is 332 g/mol. The minimum atomic E-state index is -0.635. The van der Waals surface area contributed by atoms with E-state index in [-0.39, 0.29) is 0 Å². The van der Waals surface area contributed by atoms with Crippen molar-refractivity contribution in [3.63, 3.8) is 0 Å². The van der Waals surface area contributed by atoms with Crippen LogP contribution >= 0.6 is 0 Å². The summed E-state index contributed by atoms with van der Waals surface area (Å²) in [7, 11) is 2.24. The van der Waals surface area contributed by atoms with Gasteiger partial charge in [-0.2, -0.15) is 0 Å². The normalized spacial score (nSPS) is 24.8. The van der Waals surface area contributed by atoms with Crippen LogP contribution in [-0.2, 0) is 4.74 Å². The lowest BCUT2D eigenvalue weighted by atomic mass is 10.0. The van der Waals surface area contributed by atoms with Crippen LogP contribution in [-0.4, -0.2) is 60.3 Å². The Morgan fingerprint density at radius 2 is 1.79 bits per heavy atom. The van der Waals surface area contributed by atoms with Gasteiger partial charge in [0, 0.05) is 31.7 Å². The second kappa shape index (κ2) is 7.11. The van der Waals surface area contributed by atoms with Crippen LogP contribution in [0.5, 0.6) is 5.75 Å². The topological polar surface area (TPSA) is 42.0 Å². The Kier molecular flexibility index (Phi) is 5.11. The summed E-state index contributed by atoms with van der Waals surface area (Å²) in [6, 6.07) is 10.4. The summed E-state index contributed by atoms with van der Waals surface area (Å²) >= 11 is 0. The van der Waals surface area contributed by atoms with Crippen LogP contribution in [0.3, 0.4) is 0 Å². The van der Waals surface area contributed by atoms with E-state index in [1.54, 1.807) is 12.1 Å². The van der Waals surface area contributed by atoms with Gasteiger partial charge in [-0.3, -0.25) is 4.90 Å². The van der Waals surface area contributed by atoms with Crippen LogP contribution in [0.15, 0.2) is 30.3 Å². The molecule has 132 valence electrons. The van der Waals surface area contributed by atoms with Gasteiger partial charge in [0.25, 0.3) is 0 Å². The van der Waals surface area contributed by atoms with E-state index < -0.39 is 11.8 Å². The van der Waals surface area contributed by atoms with Gasteiger partial charge in [-0.1, -0.05) is 18.2 Å². The summed E-state index contributed by atoms with van der Waals surface area (Å²) in [5.41, 5.74) is -0.533. The molecule has 5 nitrogen and oxygen atoms in total. The number of benzene rings is 1. The van der Waals surface area contributed by atoms with E-state index in [0.717, 1.165) is 26.1 Å². The Morgan fingerprint density at radius 3 is 2.42 bits per heavy atom. The lowest BCUT2D eigenvalue weighted by molar-refractivity contribution is -0.00689. The van der Waals surface area contributed by atoms with E-state index in [2.05, 4.69) is 16.8 Å². The molecule has 2 atom stereocenters. The number of carbonyl (C=O) groups is 1. The molecule has 2 aliphatic heterocycles. The summed E-state index contributed by atoms with van der Waals surface area (Å²) in [6.45, 7) is 7.09. The largest absolute Gasteiger partial charge is 0.514 e. The lowest BCUT2D eigenvalue weighted by Gasteiger charge is -2.39. The predicted octanol–water partition coefficient (Wildman–Crippen LogP) is 3.15. The van der Waals surface area contributed by atoms with Gasteiger partial charge in [0.2, 0.25) is 0 Å². The zero-order valence-corrected chi connectivity index (χ0v) is 14.9. The highest BCUT2D eigenvalue weighted by molar-refractivity contribution is 5.64. The maximum Gasteiger partial charge on any atom is 0.514 e. The van der Waals surface area contributed by atoms with E-state index in [1.807, 2.05) is 32.0 Å². The first-order valence-electron chi connectivity index (χ1n) is 8.83. The molecule has 2 heterocycles. The number of nitrogens with zero attached hydrogens (tertiary/aromatic N) is 2. The number of para-hydroxylation sites is 1. The Balaban J connectivity index is 1.45. The van der Waals surface area contributed by atoms with Crippen molar-refractivity contribution >= 4 is 6.16 Å². The summed E-state index contributed by atoms with van der Waals surface area (Å²) in [5.74, 6) is 0.508. The zero-order chi connectivity index (χ0) is 17.2. The smallest absolute Gasteiger partial charge is 0.428 e. The standard InChI is InChI=1S/C19H28N2O3/c1-19(2,24-18(22)23-17-7-5-4-6-8-17)11-12-21-13-15-9-10-16(14-21)20(15)3/h4-8,15-16H,9-14H2,1-3H3. The van der Waals surface area contributed by atoms with Gasteiger partial charge in [-0.05, 0) is 52.3 Å². The zero-order valence-electron chi connectivity index (χ0n) is 14.9. The average Bonchev–Trinajstić information content (AvgIpc) is 2.74. The van der Waals surface area contributed by atoms with Crippen LogP contribution in [0.4, 0.5) is 4.79 Å². The fourth-order valence-electron chi connectivity index (χ4n) is 3.69. The molecule has 2 aliphatic rings. The third kappa shape index (κ3) is 4.28. The molecule has 2 fully saturated rings. The van der Waals surface area contributed by atoms with Gasteiger partial charge in [-0.25, -0.2) is 4.79 Å². The van der Waals surface area contributed by atoms with Crippen molar-refractivity contribution in [2.24, 2.45) is 0 Å². The number of piperazine rings is 1. The molecular formula is C19H28N2O3. The van der Waals surface area contributed by atoms with Crippen LogP contribution in [0.2, 0.25) is 0 Å². The first kappa shape index (κ1) is 17.2. The Labute approximate surface area is 144 Å². The van der Waals surface area contributed by atoms with Crippen molar-refractivity contribution in [2.45, 2.75) is 50.8 Å². The Bertz CT molecular complexity index is 547. The van der Waals surface area contributed by atoms with Gasteiger partial charge < -0.3 is 14.4 Å². The van der Waals surface area contributed by atoms with Gasteiger partial charge in [0.15, 0.2) is 0 Å². The van der Waals surface area contributed by atoms with E-state index in [1.165, 1.54) is 12.8 Å². The maximum absolute atomic E-state index is 12.0. The van der Waals surface area contributed by atoms with Gasteiger partial charge in [-0.15, -0.1) is 0 Å². The van der Waals surface area contributed by atoms with Gasteiger partial charge in [0.1, 0.15) is 11.4 Å². The van der Waals surface area contributed by atoms with Crippen LogP contribution in [0.25, 0.3) is 0 Å². The molecule has 0 radical (unpaired) electrons. The molecule has 0 aromatic heterocycles. The molecule has 0 aliphatic carbocycles. The summed E-state index contributed by atoms with van der Waals surface area (Å²) in [5, 5.41) is 0. The van der Waals surface area contributed by atoms with Gasteiger partial charge >= 0.3 is 6.16 Å². The summed E-state index contributed by atoms with van der Waals surface area (Å²) < 4.78 is 10.7. The van der Waals surface area contributed by atoms with Crippen LogP contribution in [0.1, 0.15) is 33.1 Å². The fourth-order valence-corrected chi connectivity index (χ4v) is 3.69. The molecule has 1 aromatic rings. The van der Waals surface area contributed by atoms with Gasteiger partial charge in [0.05, 0.1) is 0 Å². The number of ether oxygens (including phenoxy) is 2. The second-order valence-corrected chi connectivity index (χ2v) is 7.59. The van der Waals surface area contributed by atoms with Crippen molar-refractivity contribution < 1.29 is 14.3 Å². The van der Waals surface area contributed by atoms with E-state index >= 15 is 0 Å². The Morgan fingerprint density at radius 1 is 1.17 bits per heavy atom.